The molecule has 0 aromatic heterocycles. The molecule has 1 saturated heterocycles. The number of hydrazone groups is 1. The van der Waals surface area contributed by atoms with E-state index in [1.807, 2.05) is 39.8 Å². The Morgan fingerprint density at radius 3 is 2.33 bits per heavy atom. The number of piperidine rings is 1. The Labute approximate surface area is 127 Å². The molecular weight excluding hydrogens is 266 g/mol. The van der Waals surface area contributed by atoms with E-state index in [9.17, 15) is 4.79 Å². The first-order valence-electron chi connectivity index (χ1n) is 7.28. The molecule has 21 heavy (non-hydrogen) atoms. The molecule has 0 saturated carbocycles. The lowest BCUT2D eigenvalue weighted by Crippen LogP contribution is -2.46. The third-order valence-corrected chi connectivity index (χ3v) is 3.72. The molecular formula is C16H27N3O2. The van der Waals surface area contributed by atoms with E-state index in [0.29, 0.717) is 13.1 Å². The summed E-state index contributed by atoms with van der Waals surface area (Å²) >= 11 is 0. The highest BCUT2D eigenvalue weighted by molar-refractivity contribution is 5.68. The molecule has 1 aliphatic heterocycles. The summed E-state index contributed by atoms with van der Waals surface area (Å²) in [5.41, 5.74) is 3.28. The van der Waals surface area contributed by atoms with Crippen LogP contribution in [0.25, 0.3) is 0 Å². The normalized spacial score (nSPS) is 18.9. The molecule has 0 radical (unpaired) electrons. The van der Waals surface area contributed by atoms with Gasteiger partial charge in [-0.1, -0.05) is 12.2 Å². The van der Waals surface area contributed by atoms with E-state index in [1.54, 1.807) is 4.90 Å². The van der Waals surface area contributed by atoms with Gasteiger partial charge in [0.05, 0.1) is 0 Å². The molecule has 0 unspecified atom stereocenters. The van der Waals surface area contributed by atoms with Crippen LogP contribution in [0.15, 0.2) is 29.5 Å². The highest BCUT2D eigenvalue weighted by atomic mass is 16.6. The van der Waals surface area contributed by atoms with Crippen LogP contribution < -0.4 is 5.43 Å². The molecule has 1 heterocycles. The predicted molar refractivity (Wildman–Crippen MR) is 86.1 cm³/mol. The predicted octanol–water partition coefficient (Wildman–Crippen LogP) is 3.30. The number of ether oxygens (including phenoxy) is 1. The van der Waals surface area contributed by atoms with E-state index in [1.165, 1.54) is 0 Å². The molecule has 0 bridgehead atoms. The van der Waals surface area contributed by atoms with Crippen molar-refractivity contribution in [1.29, 1.82) is 0 Å². The van der Waals surface area contributed by atoms with E-state index in [-0.39, 0.29) is 11.5 Å². The number of allylic oxidation sites excluding steroid dienone is 2. The second kappa shape index (κ2) is 6.78. The van der Waals surface area contributed by atoms with Crippen LogP contribution in [0.2, 0.25) is 0 Å². The summed E-state index contributed by atoms with van der Waals surface area (Å²) < 4.78 is 5.42. The van der Waals surface area contributed by atoms with Gasteiger partial charge in [0.15, 0.2) is 0 Å². The lowest BCUT2D eigenvalue weighted by Gasteiger charge is -2.41. The number of rotatable bonds is 4. The van der Waals surface area contributed by atoms with Crippen molar-refractivity contribution < 1.29 is 9.53 Å². The van der Waals surface area contributed by atoms with Gasteiger partial charge in [0.2, 0.25) is 0 Å². The number of nitrogens with one attached hydrogen (secondary N) is 1. The van der Waals surface area contributed by atoms with Crippen LogP contribution in [-0.2, 0) is 4.74 Å². The monoisotopic (exact) mass is 293 g/mol. The van der Waals surface area contributed by atoms with Crippen molar-refractivity contribution in [2.45, 2.75) is 46.1 Å². The van der Waals surface area contributed by atoms with Gasteiger partial charge in [-0.3, -0.25) is 5.43 Å². The summed E-state index contributed by atoms with van der Waals surface area (Å²) in [5.74, 6) is 0. The Hall–Kier alpha value is -1.78. The van der Waals surface area contributed by atoms with E-state index >= 15 is 0 Å². The fourth-order valence-corrected chi connectivity index (χ4v) is 2.55. The van der Waals surface area contributed by atoms with Crippen LogP contribution in [0.5, 0.6) is 0 Å². The number of nitrogens with zero attached hydrogens (tertiary/aromatic N) is 2. The van der Waals surface area contributed by atoms with Crippen molar-refractivity contribution in [3.05, 3.63) is 24.4 Å². The smallest absolute Gasteiger partial charge is 0.410 e. The Morgan fingerprint density at radius 1 is 1.38 bits per heavy atom. The van der Waals surface area contributed by atoms with Gasteiger partial charge in [-0.05, 0) is 40.5 Å². The Morgan fingerprint density at radius 2 is 1.95 bits per heavy atom. The molecule has 1 amide bonds. The van der Waals surface area contributed by atoms with E-state index in [0.717, 1.165) is 18.5 Å². The molecule has 118 valence electrons. The summed E-state index contributed by atoms with van der Waals surface area (Å²) in [6.07, 6.45) is 5.25. The molecule has 5 nitrogen and oxygen atoms in total. The van der Waals surface area contributed by atoms with Gasteiger partial charge in [0.1, 0.15) is 5.60 Å². The molecule has 0 aliphatic carbocycles. The number of likely N-dealkylation sites (tertiary alicyclic amines) is 1. The zero-order chi connectivity index (χ0) is 16.1. The van der Waals surface area contributed by atoms with E-state index < -0.39 is 5.60 Å². The van der Waals surface area contributed by atoms with Gasteiger partial charge < -0.3 is 9.64 Å². The topological polar surface area (TPSA) is 53.9 Å². The average Bonchev–Trinajstić information content (AvgIpc) is 2.43. The van der Waals surface area contributed by atoms with Crippen molar-refractivity contribution in [2.75, 3.05) is 13.1 Å². The lowest BCUT2D eigenvalue weighted by molar-refractivity contribution is 0.0161. The maximum atomic E-state index is 12.1. The number of hydrogen-bond acceptors (Lipinski definition) is 4. The molecule has 0 aromatic rings. The van der Waals surface area contributed by atoms with Crippen molar-refractivity contribution in [3.63, 3.8) is 0 Å². The van der Waals surface area contributed by atoms with Crippen LogP contribution in [-0.4, -0.2) is 36.4 Å². The van der Waals surface area contributed by atoms with Crippen LogP contribution >= 0.6 is 0 Å². The SMILES string of the molecule is C=CC1(/C(=C/C)NN=C)CCN(C(=O)OC(C)(C)C)CC1. The second-order valence-electron chi connectivity index (χ2n) is 6.30. The third-order valence-electron chi connectivity index (χ3n) is 3.72. The standard InChI is InChI=1S/C16H27N3O2/c1-7-13(18-17-6)16(8-2)9-11-19(12-10-16)14(20)21-15(3,4)5/h7-8,18H,2,6,9-12H2,1,3-5H3/b13-7-. The molecule has 5 heteroatoms. The third kappa shape index (κ3) is 4.34. The quantitative estimate of drug-likeness (QED) is 0.491. The summed E-state index contributed by atoms with van der Waals surface area (Å²) in [7, 11) is 0. The molecule has 1 aliphatic rings. The van der Waals surface area contributed by atoms with Crippen molar-refractivity contribution in [3.8, 4) is 0 Å². The van der Waals surface area contributed by atoms with Gasteiger partial charge in [-0.15, -0.1) is 6.58 Å². The van der Waals surface area contributed by atoms with Gasteiger partial charge in [-0.2, -0.15) is 5.10 Å². The molecule has 1 N–H and O–H groups in total. The van der Waals surface area contributed by atoms with E-state index in [4.69, 9.17) is 4.74 Å². The minimum absolute atomic E-state index is 0.186. The maximum absolute atomic E-state index is 12.1. The Balaban J connectivity index is 2.74. The number of carbonyl (C=O) groups excluding carboxylic acids is 1. The van der Waals surface area contributed by atoms with Gasteiger partial charge in [0, 0.05) is 30.9 Å². The van der Waals surface area contributed by atoms with Gasteiger partial charge >= 0.3 is 6.09 Å². The second-order valence-corrected chi connectivity index (χ2v) is 6.30. The lowest BCUT2D eigenvalue weighted by atomic mass is 9.75. The van der Waals surface area contributed by atoms with Crippen LogP contribution in [0.4, 0.5) is 4.79 Å². The highest BCUT2D eigenvalue weighted by Gasteiger charge is 2.37. The Kier molecular flexibility index (Phi) is 5.58. The molecule has 1 fully saturated rings. The van der Waals surface area contributed by atoms with Crippen LogP contribution in [0, 0.1) is 5.41 Å². The number of carbonyl (C=O) groups is 1. The Bertz CT molecular complexity index is 427. The van der Waals surface area contributed by atoms with Gasteiger partial charge in [0.25, 0.3) is 0 Å². The van der Waals surface area contributed by atoms with Gasteiger partial charge in [-0.25, -0.2) is 4.79 Å². The summed E-state index contributed by atoms with van der Waals surface area (Å²) in [5, 5.41) is 3.76. The molecule has 0 atom stereocenters. The zero-order valence-corrected chi connectivity index (χ0v) is 13.6. The fourth-order valence-electron chi connectivity index (χ4n) is 2.55. The molecule has 0 spiro atoms. The van der Waals surface area contributed by atoms with Crippen molar-refractivity contribution in [2.24, 2.45) is 10.5 Å². The first-order chi connectivity index (χ1) is 9.78. The fraction of sp³-hybridized carbons (Fsp3) is 0.625. The number of hydrogen-bond donors (Lipinski definition) is 1. The summed E-state index contributed by atoms with van der Waals surface area (Å²) in [6.45, 7) is 16.3. The number of amides is 1. The average molecular weight is 293 g/mol. The molecule has 1 rings (SSSR count). The van der Waals surface area contributed by atoms with Crippen LogP contribution in [0.1, 0.15) is 40.5 Å². The zero-order valence-electron chi connectivity index (χ0n) is 13.6. The highest BCUT2D eigenvalue weighted by Crippen LogP contribution is 2.39. The summed E-state index contributed by atoms with van der Waals surface area (Å²) in [4.78, 5) is 13.8. The maximum Gasteiger partial charge on any atom is 0.410 e. The molecule has 0 aromatic carbocycles. The van der Waals surface area contributed by atoms with Crippen molar-refractivity contribution >= 4 is 12.8 Å². The van der Waals surface area contributed by atoms with Crippen molar-refractivity contribution in [1.82, 2.24) is 10.3 Å². The summed E-state index contributed by atoms with van der Waals surface area (Å²) in [6, 6.07) is 0. The first-order valence-corrected chi connectivity index (χ1v) is 7.28. The minimum atomic E-state index is -0.465. The van der Waals surface area contributed by atoms with E-state index in [2.05, 4.69) is 23.8 Å². The first kappa shape index (κ1) is 17.3. The minimum Gasteiger partial charge on any atom is -0.444 e. The largest absolute Gasteiger partial charge is 0.444 e. The van der Waals surface area contributed by atoms with Crippen LogP contribution in [0.3, 0.4) is 0 Å².